The van der Waals surface area contributed by atoms with E-state index in [9.17, 15) is 0 Å². The minimum absolute atomic E-state index is 0. The van der Waals surface area contributed by atoms with Gasteiger partial charge in [0.1, 0.15) is 12.2 Å². The summed E-state index contributed by atoms with van der Waals surface area (Å²) in [5, 5.41) is 0. The Morgan fingerprint density at radius 2 is 1.59 bits per heavy atom. The molecule has 0 amide bonds. The van der Waals surface area contributed by atoms with Crippen LogP contribution in [0.1, 0.15) is 13.8 Å². The number of methoxy groups -OCH3 is 3. The minimum atomic E-state index is 0. The van der Waals surface area contributed by atoms with Gasteiger partial charge in [-0.2, -0.15) is 0 Å². The summed E-state index contributed by atoms with van der Waals surface area (Å²) in [6.07, 6.45) is 2.33. The monoisotopic (exact) mass is 327 g/mol. The first-order valence-corrected chi connectivity index (χ1v) is 7.27. The summed E-state index contributed by atoms with van der Waals surface area (Å²) in [5.41, 5.74) is 2.65. The number of quaternary nitrogens is 1. The van der Waals surface area contributed by atoms with Crippen molar-refractivity contribution in [3.63, 3.8) is 0 Å². The molecule has 0 N–H and O–H groups in total. The molecule has 0 spiro atoms. The van der Waals surface area contributed by atoms with Gasteiger partial charge in [-0.15, -0.1) is 0 Å². The molecule has 2 unspecified atom stereocenters. The summed E-state index contributed by atoms with van der Waals surface area (Å²) in [6, 6.07) is 4.12. The van der Waals surface area contributed by atoms with Crippen LogP contribution >= 0.6 is 0 Å². The minimum Gasteiger partial charge on any atom is -1.00 e. The maximum absolute atomic E-state index is 5.47. The van der Waals surface area contributed by atoms with Crippen LogP contribution in [-0.2, 0) is 0 Å². The fourth-order valence-electron chi connectivity index (χ4n) is 2.96. The zero-order chi connectivity index (χ0) is 15.6. The van der Waals surface area contributed by atoms with Crippen molar-refractivity contribution in [2.75, 3.05) is 41.5 Å². The number of hydrogen-bond donors (Lipinski definition) is 0. The van der Waals surface area contributed by atoms with E-state index in [0.29, 0.717) is 23.2 Å². The van der Waals surface area contributed by atoms with Crippen molar-refractivity contribution < 1.29 is 26.6 Å². The van der Waals surface area contributed by atoms with E-state index in [1.54, 1.807) is 21.3 Å². The maximum Gasteiger partial charge on any atom is 0.203 e. The molecular formula is C17H26ClNO3. The summed E-state index contributed by atoms with van der Waals surface area (Å²) in [4.78, 5) is 0. The molecule has 1 aromatic rings. The van der Waals surface area contributed by atoms with Crippen molar-refractivity contribution in [2.45, 2.75) is 13.8 Å². The topological polar surface area (TPSA) is 27.7 Å². The van der Waals surface area contributed by atoms with Crippen LogP contribution in [0, 0.1) is 5.92 Å². The smallest absolute Gasteiger partial charge is 0.203 e. The molecule has 0 saturated heterocycles. The Bertz CT molecular complexity index is 534. The fourth-order valence-corrected chi connectivity index (χ4v) is 2.96. The number of ether oxygens (including phenoxy) is 3. The van der Waals surface area contributed by atoms with Crippen LogP contribution in [0.5, 0.6) is 17.2 Å². The second-order valence-electron chi connectivity index (χ2n) is 5.99. The van der Waals surface area contributed by atoms with E-state index in [1.807, 2.05) is 0 Å². The Kier molecular flexibility index (Phi) is 6.15. The van der Waals surface area contributed by atoms with Crippen LogP contribution in [-0.4, -0.2) is 41.5 Å². The van der Waals surface area contributed by atoms with Crippen LogP contribution in [0.15, 0.2) is 23.8 Å². The van der Waals surface area contributed by atoms with Crippen LogP contribution in [0.2, 0.25) is 0 Å². The Labute approximate surface area is 139 Å². The van der Waals surface area contributed by atoms with Crippen molar-refractivity contribution in [1.82, 2.24) is 4.48 Å². The summed E-state index contributed by atoms with van der Waals surface area (Å²) in [6.45, 7) is 6.54. The molecule has 1 aliphatic heterocycles. The molecule has 1 aliphatic rings. The van der Waals surface area contributed by atoms with Crippen LogP contribution in [0.4, 0.5) is 5.69 Å². The lowest BCUT2D eigenvalue weighted by Gasteiger charge is -2.39. The number of nitrogens with zero attached hydrogens (tertiary/aromatic N) is 1. The van der Waals surface area contributed by atoms with Gasteiger partial charge >= 0.3 is 0 Å². The third-order valence-corrected chi connectivity index (χ3v) is 4.54. The van der Waals surface area contributed by atoms with Crippen molar-refractivity contribution >= 4 is 5.69 Å². The molecule has 0 aromatic heterocycles. The average Bonchev–Trinajstić information content (AvgIpc) is 2.49. The molecule has 5 heteroatoms. The molecule has 0 aliphatic carbocycles. The number of likely N-dealkylation sites (N-methyl/N-ethyl adjacent to an activating group) is 1. The van der Waals surface area contributed by atoms with Gasteiger partial charge in [-0.3, -0.25) is 4.48 Å². The Hall–Kier alpha value is -1.39. The molecule has 4 nitrogen and oxygen atoms in total. The Morgan fingerprint density at radius 3 is 2.00 bits per heavy atom. The SMILES string of the molecule is COc1cc([N+]2(C)CC=C(C)C(C)C2)cc(OC)c1OC.[Cl-]. The van der Waals surface area contributed by atoms with Gasteiger partial charge in [-0.1, -0.05) is 12.5 Å². The summed E-state index contributed by atoms with van der Waals surface area (Å²) < 4.78 is 17.2. The largest absolute Gasteiger partial charge is 1.00 e. The van der Waals surface area contributed by atoms with E-state index in [-0.39, 0.29) is 12.4 Å². The van der Waals surface area contributed by atoms with Crippen molar-refractivity contribution in [1.29, 1.82) is 0 Å². The normalized spacial score (nSPS) is 24.1. The zero-order valence-corrected chi connectivity index (χ0v) is 15.0. The molecule has 2 atom stereocenters. The molecule has 1 heterocycles. The van der Waals surface area contributed by atoms with Gasteiger partial charge in [-0.05, 0) is 13.0 Å². The van der Waals surface area contributed by atoms with Gasteiger partial charge in [0.15, 0.2) is 11.5 Å². The molecule has 0 fully saturated rings. The van der Waals surface area contributed by atoms with Gasteiger partial charge in [0.2, 0.25) is 5.75 Å². The summed E-state index contributed by atoms with van der Waals surface area (Å²) >= 11 is 0. The second kappa shape index (κ2) is 7.25. The zero-order valence-electron chi connectivity index (χ0n) is 14.3. The van der Waals surface area contributed by atoms with Crippen molar-refractivity contribution in [2.24, 2.45) is 5.92 Å². The standard InChI is InChI=1S/C17H26NO3.ClH/c1-12-7-8-18(3,11-13(12)2)14-9-15(19-4)17(21-6)16(10-14)20-5;/h7,9-10,13H,8,11H2,1-6H3;1H/q+1;/p-1. The molecule has 1 aromatic carbocycles. The van der Waals surface area contributed by atoms with E-state index in [0.717, 1.165) is 17.6 Å². The lowest BCUT2D eigenvalue weighted by Crippen LogP contribution is -3.00. The van der Waals surface area contributed by atoms with E-state index < -0.39 is 0 Å². The van der Waals surface area contributed by atoms with Gasteiger partial charge in [0, 0.05) is 18.1 Å². The van der Waals surface area contributed by atoms with E-state index in [4.69, 9.17) is 14.2 Å². The van der Waals surface area contributed by atoms with Crippen LogP contribution in [0.3, 0.4) is 0 Å². The Morgan fingerprint density at radius 1 is 1.05 bits per heavy atom. The molecule has 0 radical (unpaired) electrons. The highest BCUT2D eigenvalue weighted by Gasteiger charge is 2.32. The third kappa shape index (κ3) is 3.33. The molecule has 0 saturated carbocycles. The van der Waals surface area contributed by atoms with Crippen molar-refractivity contribution in [3.8, 4) is 17.2 Å². The fraction of sp³-hybridized carbons (Fsp3) is 0.529. The lowest BCUT2D eigenvalue weighted by molar-refractivity contribution is -0.00000537. The molecule has 22 heavy (non-hydrogen) atoms. The summed E-state index contributed by atoms with van der Waals surface area (Å²) in [5.74, 6) is 2.64. The van der Waals surface area contributed by atoms with Gasteiger partial charge in [0.25, 0.3) is 0 Å². The highest BCUT2D eigenvalue weighted by atomic mass is 35.5. The quantitative estimate of drug-likeness (QED) is 0.586. The summed E-state index contributed by atoms with van der Waals surface area (Å²) in [7, 11) is 7.19. The number of rotatable bonds is 4. The highest BCUT2D eigenvalue weighted by Crippen LogP contribution is 2.43. The molecule has 0 bridgehead atoms. The number of hydrogen-bond acceptors (Lipinski definition) is 3. The van der Waals surface area contributed by atoms with Crippen LogP contribution in [0.25, 0.3) is 0 Å². The highest BCUT2D eigenvalue weighted by molar-refractivity contribution is 5.62. The van der Waals surface area contributed by atoms with Gasteiger partial charge < -0.3 is 26.6 Å². The number of halogens is 1. The van der Waals surface area contributed by atoms with E-state index in [2.05, 4.69) is 39.1 Å². The maximum atomic E-state index is 5.47. The average molecular weight is 328 g/mol. The van der Waals surface area contributed by atoms with Gasteiger partial charge in [0.05, 0.1) is 34.9 Å². The predicted octanol–water partition coefficient (Wildman–Crippen LogP) is 0.250. The van der Waals surface area contributed by atoms with E-state index in [1.165, 1.54) is 11.3 Å². The van der Waals surface area contributed by atoms with Gasteiger partial charge in [-0.25, -0.2) is 0 Å². The number of benzene rings is 1. The Balaban J connectivity index is 0.00000242. The lowest BCUT2D eigenvalue weighted by atomic mass is 9.96. The first-order valence-electron chi connectivity index (χ1n) is 7.27. The molecule has 124 valence electrons. The van der Waals surface area contributed by atoms with Crippen LogP contribution < -0.4 is 31.1 Å². The predicted molar refractivity (Wildman–Crippen MR) is 86.5 cm³/mol. The second-order valence-corrected chi connectivity index (χ2v) is 5.99. The van der Waals surface area contributed by atoms with E-state index >= 15 is 0 Å². The van der Waals surface area contributed by atoms with Crippen molar-refractivity contribution in [3.05, 3.63) is 23.8 Å². The molecular weight excluding hydrogens is 302 g/mol. The first-order chi connectivity index (χ1) is 9.95. The third-order valence-electron chi connectivity index (χ3n) is 4.54. The first kappa shape index (κ1) is 18.7. The molecule has 2 rings (SSSR count).